The Balaban J connectivity index is 2.42. The minimum Gasteiger partial charge on any atom is -0.493 e. The lowest BCUT2D eigenvalue weighted by molar-refractivity contribution is -0.115. The van der Waals surface area contributed by atoms with Crippen molar-refractivity contribution < 1.29 is 14.3 Å². The van der Waals surface area contributed by atoms with Crippen LogP contribution in [0.5, 0.6) is 11.5 Å². The van der Waals surface area contributed by atoms with Crippen LogP contribution in [0.2, 0.25) is 0 Å². The molecule has 1 aromatic carbocycles. The van der Waals surface area contributed by atoms with Crippen LogP contribution < -0.4 is 14.8 Å². The average Bonchev–Trinajstić information content (AvgIpc) is 2.67. The van der Waals surface area contributed by atoms with Crippen LogP contribution in [0, 0.1) is 8.98 Å². The van der Waals surface area contributed by atoms with Crippen LogP contribution in [-0.4, -0.2) is 25.3 Å². The third-order valence-electron chi connectivity index (χ3n) is 2.42. The summed E-state index contributed by atoms with van der Waals surface area (Å²) in [6.45, 7) is 0. The van der Waals surface area contributed by atoms with Crippen molar-refractivity contribution in [3.63, 3.8) is 0 Å². The van der Waals surface area contributed by atoms with Crippen molar-refractivity contribution in [2.75, 3.05) is 14.2 Å². The summed E-state index contributed by atoms with van der Waals surface area (Å²) in [7, 11) is 3.15. The molecule has 0 spiro atoms. The van der Waals surface area contributed by atoms with Gasteiger partial charge >= 0.3 is 0 Å². The van der Waals surface area contributed by atoms with Crippen LogP contribution in [0.15, 0.2) is 17.0 Å². The summed E-state index contributed by atoms with van der Waals surface area (Å²) in [5.41, 5.74) is 0.828. The first-order chi connectivity index (χ1) is 9.05. The highest BCUT2D eigenvalue weighted by Crippen LogP contribution is 2.35. The van der Waals surface area contributed by atoms with Crippen molar-refractivity contribution in [3.05, 3.63) is 26.2 Å². The summed E-state index contributed by atoms with van der Waals surface area (Å²) in [5.74, 6) is 1.03. The second-order valence-electron chi connectivity index (χ2n) is 3.63. The molecule has 2 N–H and O–H groups in total. The zero-order valence-electron chi connectivity index (χ0n) is 10.2. The molecule has 1 heterocycles. The van der Waals surface area contributed by atoms with E-state index in [1.54, 1.807) is 26.4 Å². The van der Waals surface area contributed by atoms with E-state index in [-0.39, 0.29) is 11.1 Å². The summed E-state index contributed by atoms with van der Waals surface area (Å²) in [4.78, 5) is 12.0. The predicted octanol–water partition coefficient (Wildman–Crippen LogP) is 2.45. The largest absolute Gasteiger partial charge is 0.493 e. The smallest absolute Gasteiger partial charge is 0.264 e. The first kappa shape index (κ1) is 14.2. The van der Waals surface area contributed by atoms with E-state index in [2.05, 4.69) is 27.9 Å². The lowest BCUT2D eigenvalue weighted by Gasteiger charge is -2.10. The Labute approximate surface area is 128 Å². The molecule has 1 aromatic rings. The first-order valence-electron chi connectivity index (χ1n) is 5.26. The van der Waals surface area contributed by atoms with Gasteiger partial charge in [-0.1, -0.05) is 0 Å². The van der Waals surface area contributed by atoms with E-state index in [0.717, 1.165) is 20.9 Å². The molecule has 19 heavy (non-hydrogen) atoms. The number of benzene rings is 1. The normalized spacial score (nSPS) is 16.7. The van der Waals surface area contributed by atoms with E-state index >= 15 is 0 Å². The Bertz CT molecular complexity index is 587. The molecule has 1 amide bonds. The van der Waals surface area contributed by atoms with Gasteiger partial charge in [-0.2, -0.15) is 0 Å². The highest BCUT2D eigenvalue weighted by molar-refractivity contribution is 14.1. The number of halogens is 1. The quantitative estimate of drug-likeness (QED) is 0.615. The molecule has 0 aromatic heterocycles. The zero-order valence-corrected chi connectivity index (χ0v) is 13.2. The number of amidine groups is 1. The van der Waals surface area contributed by atoms with Crippen molar-refractivity contribution in [2.45, 2.75) is 0 Å². The molecule has 2 rings (SSSR count). The van der Waals surface area contributed by atoms with Gasteiger partial charge in [0.2, 0.25) is 0 Å². The molecular weight excluding hydrogens is 379 g/mol. The van der Waals surface area contributed by atoms with Gasteiger partial charge in [0, 0.05) is 0 Å². The topological polar surface area (TPSA) is 71.4 Å². The third-order valence-corrected chi connectivity index (χ3v) is 4.05. The SMILES string of the molecule is COc1cc(/C=C2/SC(=N)NC2=O)cc(I)c1OC. The van der Waals surface area contributed by atoms with Gasteiger partial charge < -0.3 is 14.8 Å². The van der Waals surface area contributed by atoms with E-state index in [4.69, 9.17) is 14.9 Å². The van der Waals surface area contributed by atoms with Gasteiger partial charge in [0.25, 0.3) is 5.91 Å². The lowest BCUT2D eigenvalue weighted by Crippen LogP contribution is -2.18. The van der Waals surface area contributed by atoms with Crippen molar-refractivity contribution >= 4 is 51.5 Å². The maximum atomic E-state index is 11.6. The van der Waals surface area contributed by atoms with Gasteiger partial charge in [-0.25, -0.2) is 0 Å². The zero-order chi connectivity index (χ0) is 14.0. The molecule has 0 atom stereocenters. The van der Waals surface area contributed by atoms with Gasteiger partial charge in [0.15, 0.2) is 16.7 Å². The predicted molar refractivity (Wildman–Crippen MR) is 83.7 cm³/mol. The molecule has 0 unspecified atom stereocenters. The number of ether oxygens (including phenoxy) is 2. The Morgan fingerprint density at radius 2 is 2.11 bits per heavy atom. The van der Waals surface area contributed by atoms with E-state index in [9.17, 15) is 4.79 Å². The molecule has 0 aliphatic carbocycles. The Morgan fingerprint density at radius 1 is 1.37 bits per heavy atom. The standard InChI is InChI=1S/C12H11IN2O3S/c1-17-8-4-6(3-7(13)10(8)18-2)5-9-11(16)15-12(14)19-9/h3-5H,1-2H3,(H2,14,15,16)/b9-5+. The van der Waals surface area contributed by atoms with E-state index < -0.39 is 0 Å². The number of amides is 1. The van der Waals surface area contributed by atoms with Crippen LogP contribution in [-0.2, 0) is 4.79 Å². The van der Waals surface area contributed by atoms with Crippen molar-refractivity contribution in [1.82, 2.24) is 5.32 Å². The van der Waals surface area contributed by atoms with Crippen molar-refractivity contribution in [1.29, 1.82) is 5.41 Å². The minimum atomic E-state index is -0.250. The number of carbonyl (C=O) groups excluding carboxylic acids is 1. The molecule has 0 radical (unpaired) electrons. The van der Waals surface area contributed by atoms with Gasteiger partial charge in [-0.15, -0.1) is 0 Å². The fourth-order valence-corrected chi connectivity index (χ4v) is 3.16. The number of hydrogen-bond acceptors (Lipinski definition) is 5. The summed E-state index contributed by atoms with van der Waals surface area (Å²) in [6, 6.07) is 3.69. The molecule has 1 aliphatic rings. The summed E-state index contributed by atoms with van der Waals surface area (Å²) < 4.78 is 11.4. The molecular formula is C12H11IN2O3S. The number of nitrogens with one attached hydrogen (secondary N) is 2. The number of thioether (sulfide) groups is 1. The maximum absolute atomic E-state index is 11.6. The molecule has 1 fully saturated rings. The number of hydrogen-bond donors (Lipinski definition) is 2. The highest BCUT2D eigenvalue weighted by atomic mass is 127. The highest BCUT2D eigenvalue weighted by Gasteiger charge is 2.22. The van der Waals surface area contributed by atoms with Crippen LogP contribution in [0.25, 0.3) is 6.08 Å². The number of carbonyl (C=O) groups is 1. The van der Waals surface area contributed by atoms with E-state index in [1.807, 2.05) is 6.07 Å². The van der Waals surface area contributed by atoms with Crippen LogP contribution >= 0.6 is 34.4 Å². The van der Waals surface area contributed by atoms with Gasteiger partial charge in [0.1, 0.15) is 0 Å². The van der Waals surface area contributed by atoms with Crippen molar-refractivity contribution in [2.24, 2.45) is 0 Å². The average molecular weight is 390 g/mol. The Morgan fingerprint density at radius 3 is 2.63 bits per heavy atom. The molecule has 0 bridgehead atoms. The molecule has 1 saturated heterocycles. The minimum absolute atomic E-state index is 0.145. The van der Waals surface area contributed by atoms with E-state index in [0.29, 0.717) is 16.4 Å². The van der Waals surface area contributed by atoms with Crippen LogP contribution in [0.4, 0.5) is 0 Å². The van der Waals surface area contributed by atoms with Crippen LogP contribution in [0.1, 0.15) is 5.56 Å². The van der Waals surface area contributed by atoms with E-state index in [1.165, 1.54) is 0 Å². The second-order valence-corrected chi connectivity index (χ2v) is 5.85. The summed E-state index contributed by atoms with van der Waals surface area (Å²) >= 11 is 3.25. The number of rotatable bonds is 3. The van der Waals surface area contributed by atoms with Gasteiger partial charge in [-0.3, -0.25) is 10.2 Å². The summed E-state index contributed by atoms with van der Waals surface area (Å²) in [6.07, 6.45) is 1.73. The molecule has 1 aliphatic heterocycles. The van der Waals surface area contributed by atoms with Gasteiger partial charge in [0.05, 0.1) is 22.7 Å². The Kier molecular flexibility index (Phi) is 4.35. The van der Waals surface area contributed by atoms with Crippen LogP contribution in [0.3, 0.4) is 0 Å². The fourth-order valence-electron chi connectivity index (χ4n) is 1.61. The van der Waals surface area contributed by atoms with Gasteiger partial charge in [-0.05, 0) is 58.1 Å². The second kappa shape index (κ2) is 5.83. The third kappa shape index (κ3) is 3.03. The Hall–Kier alpha value is -1.22. The van der Waals surface area contributed by atoms with Crippen molar-refractivity contribution in [3.8, 4) is 11.5 Å². The molecule has 7 heteroatoms. The molecule has 0 saturated carbocycles. The fraction of sp³-hybridized carbons (Fsp3) is 0.167. The summed E-state index contributed by atoms with van der Waals surface area (Å²) in [5, 5.41) is 9.98. The maximum Gasteiger partial charge on any atom is 0.264 e. The number of methoxy groups -OCH3 is 2. The molecule has 5 nitrogen and oxygen atoms in total. The monoisotopic (exact) mass is 390 g/mol. The first-order valence-corrected chi connectivity index (χ1v) is 7.15. The lowest BCUT2D eigenvalue weighted by atomic mass is 10.2. The molecule has 100 valence electrons.